The zero-order valence-corrected chi connectivity index (χ0v) is 81.4. The molecule has 11 aromatic rings. The molecule has 704 valence electrons. The molecule has 5 heterocycles. The number of aliphatic hydroxyl groups is 2. The summed E-state index contributed by atoms with van der Waals surface area (Å²) >= 11 is 5.00. The van der Waals surface area contributed by atoms with Crippen LogP contribution in [-0.4, -0.2) is 155 Å². The minimum Gasteiger partial charge on any atom is -0.497 e. The van der Waals surface area contributed by atoms with Crippen molar-refractivity contribution >= 4 is 53.0 Å². The van der Waals surface area contributed by atoms with E-state index in [4.69, 9.17) is 53.7 Å². The van der Waals surface area contributed by atoms with Crippen molar-refractivity contribution in [2.45, 2.75) is 195 Å². The van der Waals surface area contributed by atoms with Crippen molar-refractivity contribution in [2.75, 3.05) is 95.8 Å². The van der Waals surface area contributed by atoms with Gasteiger partial charge >= 0.3 is 6.18 Å². The fourth-order valence-corrected chi connectivity index (χ4v) is 20.9. The largest absolute Gasteiger partial charge is 0.497 e. The Morgan fingerprint density at radius 2 is 0.820 bits per heavy atom. The maximum atomic E-state index is 13.4. The molecule has 0 spiro atoms. The lowest BCUT2D eigenvalue weighted by Crippen LogP contribution is -2.38. The number of allylic oxidation sites excluding steroid dienone is 3. The molecule has 16 rings (SSSR count). The number of aliphatic hydroxyl groups excluding tert-OH is 2. The van der Waals surface area contributed by atoms with E-state index in [9.17, 15) is 41.8 Å². The third-order valence-corrected chi connectivity index (χ3v) is 27.3. The average molecular weight is 1890 g/mol. The summed E-state index contributed by atoms with van der Waals surface area (Å²) in [6.07, 6.45) is 5.11. The number of hydrogen-bond donors (Lipinski definition) is 3. The van der Waals surface area contributed by atoms with Crippen LogP contribution in [0.1, 0.15) is 138 Å². The molecular formula is C103H119F4N11O11S4. The van der Waals surface area contributed by atoms with Gasteiger partial charge in [0.1, 0.15) is 30.5 Å². The third-order valence-electron chi connectivity index (χ3n) is 23.6. The normalized spacial score (nSPS) is 14.6. The van der Waals surface area contributed by atoms with Crippen LogP contribution in [0.3, 0.4) is 0 Å². The molecule has 5 aromatic heterocycles. The lowest BCUT2D eigenvalue weighted by molar-refractivity contribution is -0.105. The van der Waals surface area contributed by atoms with Crippen molar-refractivity contribution in [1.82, 2.24) is 48.2 Å². The van der Waals surface area contributed by atoms with E-state index in [0.29, 0.717) is 133 Å². The van der Waals surface area contributed by atoms with Gasteiger partial charge in [0.05, 0.1) is 61.2 Å². The van der Waals surface area contributed by atoms with Gasteiger partial charge in [-0.05, 0) is 110 Å². The second kappa shape index (κ2) is 44.2. The molecule has 0 amide bonds. The molecule has 0 bridgehead atoms. The summed E-state index contributed by atoms with van der Waals surface area (Å²) in [6, 6.07) is 44.5. The maximum Gasteiger partial charge on any atom is 0.398 e. The van der Waals surface area contributed by atoms with E-state index in [1.807, 2.05) is 81.4 Å². The van der Waals surface area contributed by atoms with E-state index in [1.54, 1.807) is 70.0 Å². The van der Waals surface area contributed by atoms with E-state index >= 15 is 0 Å². The highest BCUT2D eigenvalue weighted by molar-refractivity contribution is 7.99. The maximum absolute atomic E-state index is 13.4. The standard InChI is InChI=1S/C25H27FN2O3S.C20H21F3N2O2S.C20H26N2O3S.C19H23N3O.C19H22N2O2S/c1-25(2)16-17-6-4-5-7-20(17)22-21(25)23(28-24(27-22)32-15-14-29-3)31-13-12-30-19-10-8-18(26)9-11-19;1-5-8-25-17(26)15-16(24-18(25)28-11-20(21,22)23)14-9-13(27-4)7-6-12(14)10-19(15,2)3;1-20(2)13-14-7-4-5-8-15(14)17-16(20)18(24)22(9-6-10-23)19(21-17)26-12-11-25-3;1-5-11-22-17(23)15-16(21-18(22)20-6-2)14-10-8-7-9-13(14)12-19(15,3)4;1-4-9-21-17(23)15-16(20-18(21)24-11-10-22)14-8-6-5-7-13(14)12-19(15,2)3/h4-11H,12-16H2,1-3H3;5-7,9H,1,8,10-11H2,2-4H3;4-5,7-8,23H,6,9-13H2,1-3H3;5,7-10H,1,6,11-12H2,2-4H3,(H,20,21);4-8,22H,1,9-12H2,2-3H3. The van der Waals surface area contributed by atoms with Crippen LogP contribution in [0.15, 0.2) is 217 Å². The number of rotatable bonds is 30. The first-order valence-corrected chi connectivity index (χ1v) is 48.4. The molecule has 5 aliphatic carbocycles. The quantitative estimate of drug-likeness (QED) is 0.0124. The van der Waals surface area contributed by atoms with Crippen LogP contribution in [-0.2, 0) is 94.8 Å². The molecule has 6 aromatic carbocycles. The molecule has 22 nitrogen and oxygen atoms in total. The van der Waals surface area contributed by atoms with E-state index in [-0.39, 0.29) is 74.6 Å². The van der Waals surface area contributed by atoms with Crippen LogP contribution < -0.4 is 41.8 Å². The summed E-state index contributed by atoms with van der Waals surface area (Å²) in [7, 11) is 4.89. The van der Waals surface area contributed by atoms with Crippen molar-refractivity contribution in [3.05, 3.63) is 280 Å². The van der Waals surface area contributed by atoms with Crippen LogP contribution in [0.5, 0.6) is 17.4 Å². The number of anilines is 1. The average Bonchev–Trinajstić information content (AvgIpc) is 0.738. The molecule has 0 fully saturated rings. The van der Waals surface area contributed by atoms with Gasteiger partial charge in [-0.25, -0.2) is 29.3 Å². The summed E-state index contributed by atoms with van der Waals surface area (Å²) in [5, 5.41) is 23.6. The number of hydrogen-bond acceptors (Lipinski definition) is 22. The molecule has 0 atom stereocenters. The molecule has 133 heavy (non-hydrogen) atoms. The van der Waals surface area contributed by atoms with Gasteiger partial charge < -0.3 is 39.2 Å². The molecule has 0 saturated carbocycles. The Morgan fingerprint density at radius 1 is 0.436 bits per heavy atom. The van der Waals surface area contributed by atoms with Gasteiger partial charge in [0.15, 0.2) is 20.6 Å². The Bertz CT molecular complexity index is 6310. The van der Waals surface area contributed by atoms with Gasteiger partial charge in [-0.3, -0.25) is 37.4 Å². The zero-order chi connectivity index (χ0) is 95.9. The first-order chi connectivity index (χ1) is 63.5. The highest BCUT2D eigenvalue weighted by Crippen LogP contribution is 2.49. The number of alkyl halides is 3. The molecule has 0 radical (unpaired) electrons. The van der Waals surface area contributed by atoms with E-state index in [0.717, 1.165) is 116 Å². The number of ether oxygens (including phenoxy) is 5. The zero-order valence-electron chi connectivity index (χ0n) is 78.2. The SMILES string of the molecule is C=CCn1c(NCC)nc2c(c1=O)C(C)(C)Cc1ccccc1-2.C=CCn1c(SCC(F)(F)F)nc2c(c1=O)C(C)(C)Cc1ccc(OC)cc1-2.C=CCn1c(SCCO)nc2c(c1=O)C(C)(C)Cc1ccccc1-2.COCCSc1nc(OCCOc2ccc(F)cc2)c2c(n1)-c1ccccc1CC2(C)C.COCCSc1nc2c(c(=O)n1CCCO)C(C)(C)Cc1ccccc1-2. The van der Waals surface area contributed by atoms with Crippen LogP contribution in [0.25, 0.3) is 56.3 Å². The fourth-order valence-electron chi connectivity index (χ4n) is 17.7. The minimum absolute atomic E-state index is 0.000146. The highest BCUT2D eigenvalue weighted by Gasteiger charge is 2.43. The molecule has 0 unspecified atom stereocenters. The molecule has 30 heteroatoms. The van der Waals surface area contributed by atoms with Gasteiger partial charge in [0, 0.05) is 154 Å². The number of aromatic nitrogens is 10. The van der Waals surface area contributed by atoms with Gasteiger partial charge in [-0.15, -0.1) is 19.7 Å². The topological polar surface area (TPSA) is 264 Å². The summed E-state index contributed by atoms with van der Waals surface area (Å²) in [4.78, 5) is 81.8. The Hall–Kier alpha value is -10.7. The predicted octanol–water partition coefficient (Wildman–Crippen LogP) is 19.1. The number of benzene rings is 6. The summed E-state index contributed by atoms with van der Waals surface area (Å²) in [5.41, 5.74) is 16.9. The van der Waals surface area contributed by atoms with Crippen LogP contribution in [0.2, 0.25) is 0 Å². The number of nitrogens with one attached hydrogen (secondary N) is 1. The Balaban J connectivity index is 0.000000151. The summed E-state index contributed by atoms with van der Waals surface area (Å²) in [5.74, 6) is 3.00. The molecule has 3 N–H and O–H groups in total. The van der Waals surface area contributed by atoms with Gasteiger partial charge in [0.2, 0.25) is 11.8 Å². The fraction of sp³-hybridized carbons (Fsp3) is 0.398. The monoisotopic (exact) mass is 1890 g/mol. The van der Waals surface area contributed by atoms with Crippen molar-refractivity contribution in [3.63, 3.8) is 0 Å². The van der Waals surface area contributed by atoms with Crippen LogP contribution in [0, 0.1) is 5.82 Å². The Morgan fingerprint density at radius 3 is 1.26 bits per heavy atom. The Kier molecular flexibility index (Phi) is 33.7. The second-order valence-corrected chi connectivity index (χ2v) is 40.1. The molecule has 0 aliphatic heterocycles. The number of fused-ring (bicyclic) bond motifs is 15. The number of nitrogens with zero attached hydrogens (tertiary/aromatic N) is 10. The number of methoxy groups -OCH3 is 3. The molecule has 5 aliphatic rings. The van der Waals surface area contributed by atoms with Crippen LogP contribution in [0.4, 0.5) is 23.5 Å². The third kappa shape index (κ3) is 23.3. The van der Waals surface area contributed by atoms with E-state index in [2.05, 4.69) is 134 Å². The second-order valence-electron chi connectivity index (χ2n) is 36.0. The van der Waals surface area contributed by atoms with Crippen molar-refractivity contribution < 1.29 is 51.5 Å². The summed E-state index contributed by atoms with van der Waals surface area (Å²) < 4.78 is 85.2. The first-order valence-electron chi connectivity index (χ1n) is 44.4. The highest BCUT2D eigenvalue weighted by atomic mass is 32.2. The smallest absolute Gasteiger partial charge is 0.398 e. The summed E-state index contributed by atoms with van der Waals surface area (Å²) in [6.45, 7) is 38.2. The minimum atomic E-state index is -4.36. The van der Waals surface area contributed by atoms with Crippen molar-refractivity contribution in [1.29, 1.82) is 0 Å². The first kappa shape index (κ1) is 101. The lowest BCUT2D eigenvalue weighted by atomic mass is 9.72. The number of thioether (sulfide) groups is 4. The van der Waals surface area contributed by atoms with E-state index < -0.39 is 17.3 Å². The van der Waals surface area contributed by atoms with Gasteiger partial charge in [-0.1, -0.05) is 238 Å². The number of halogens is 4. The van der Waals surface area contributed by atoms with Crippen molar-refractivity contribution in [2.24, 2.45) is 0 Å². The van der Waals surface area contributed by atoms with Gasteiger partial charge in [-0.2, -0.15) is 18.2 Å². The van der Waals surface area contributed by atoms with Crippen LogP contribution >= 0.6 is 47.0 Å². The Labute approximate surface area is 792 Å². The van der Waals surface area contributed by atoms with Gasteiger partial charge in [0.25, 0.3) is 22.2 Å². The van der Waals surface area contributed by atoms with E-state index in [1.165, 1.54) is 75.7 Å². The predicted molar refractivity (Wildman–Crippen MR) is 527 cm³/mol. The molecular weight excluding hydrogens is 1770 g/mol. The molecule has 0 saturated heterocycles. The lowest BCUT2D eigenvalue weighted by Gasteiger charge is -2.34. The van der Waals surface area contributed by atoms with Crippen molar-refractivity contribution in [3.8, 4) is 73.7 Å².